The molecule has 0 radical (unpaired) electrons. The first-order valence-electron chi connectivity index (χ1n) is 6.71. The van der Waals surface area contributed by atoms with Crippen LogP contribution in [-0.2, 0) is 0 Å². The van der Waals surface area contributed by atoms with Crippen molar-refractivity contribution in [2.24, 2.45) is 0 Å². The molecule has 0 aromatic heterocycles. The zero-order valence-corrected chi connectivity index (χ0v) is 12.1. The molecule has 0 heterocycles. The van der Waals surface area contributed by atoms with Gasteiger partial charge in [-0.2, -0.15) is 0 Å². The van der Waals surface area contributed by atoms with E-state index in [4.69, 9.17) is 9.47 Å². The van der Waals surface area contributed by atoms with Crippen LogP contribution >= 0.6 is 0 Å². The van der Waals surface area contributed by atoms with Gasteiger partial charge in [-0.05, 0) is 24.6 Å². The average Bonchev–Trinajstić information content (AvgIpc) is 2.48. The van der Waals surface area contributed by atoms with Crippen molar-refractivity contribution in [3.63, 3.8) is 0 Å². The van der Waals surface area contributed by atoms with Crippen molar-refractivity contribution >= 4 is 5.78 Å². The van der Waals surface area contributed by atoms with Crippen molar-refractivity contribution in [1.82, 2.24) is 0 Å². The van der Waals surface area contributed by atoms with E-state index in [9.17, 15) is 9.90 Å². The second-order valence-corrected chi connectivity index (χ2v) is 4.65. The third kappa shape index (κ3) is 3.54. The third-order valence-corrected chi connectivity index (χ3v) is 3.19. The highest BCUT2D eigenvalue weighted by Gasteiger charge is 2.11. The average molecular weight is 286 g/mol. The fourth-order valence-electron chi connectivity index (χ4n) is 2.10. The Morgan fingerprint density at radius 3 is 2.62 bits per heavy atom. The largest absolute Gasteiger partial charge is 0.504 e. The molecule has 0 aliphatic rings. The van der Waals surface area contributed by atoms with Crippen LogP contribution < -0.4 is 9.47 Å². The molecule has 21 heavy (non-hydrogen) atoms. The third-order valence-electron chi connectivity index (χ3n) is 3.19. The fourth-order valence-corrected chi connectivity index (χ4v) is 2.10. The number of para-hydroxylation sites is 1. The van der Waals surface area contributed by atoms with Gasteiger partial charge in [-0.15, -0.1) is 0 Å². The van der Waals surface area contributed by atoms with Crippen LogP contribution in [0.1, 0.15) is 22.3 Å². The van der Waals surface area contributed by atoms with E-state index in [1.807, 2.05) is 31.2 Å². The van der Waals surface area contributed by atoms with Gasteiger partial charge in [-0.3, -0.25) is 4.79 Å². The molecule has 4 heteroatoms. The maximum absolute atomic E-state index is 12.1. The molecule has 0 unspecified atom stereocenters. The van der Waals surface area contributed by atoms with Crippen molar-refractivity contribution in [1.29, 1.82) is 0 Å². The number of carbonyl (C=O) groups is 1. The number of ketones is 1. The van der Waals surface area contributed by atoms with Crippen molar-refractivity contribution in [2.75, 3.05) is 13.7 Å². The lowest BCUT2D eigenvalue weighted by atomic mass is 10.0. The van der Waals surface area contributed by atoms with Gasteiger partial charge in [0.05, 0.1) is 13.7 Å². The normalized spacial score (nSPS) is 10.2. The van der Waals surface area contributed by atoms with Gasteiger partial charge in [0.2, 0.25) is 5.75 Å². The lowest BCUT2D eigenvalue weighted by Gasteiger charge is -2.11. The van der Waals surface area contributed by atoms with Gasteiger partial charge < -0.3 is 14.6 Å². The monoisotopic (exact) mass is 286 g/mol. The summed E-state index contributed by atoms with van der Waals surface area (Å²) in [6.07, 6.45) is 0.268. The summed E-state index contributed by atoms with van der Waals surface area (Å²) in [5, 5.41) is 9.64. The summed E-state index contributed by atoms with van der Waals surface area (Å²) >= 11 is 0. The van der Waals surface area contributed by atoms with Crippen molar-refractivity contribution in [3.05, 3.63) is 53.6 Å². The van der Waals surface area contributed by atoms with Gasteiger partial charge in [0.1, 0.15) is 0 Å². The molecule has 0 saturated carbocycles. The Hall–Kier alpha value is -2.49. The minimum atomic E-state index is 0.0141. The number of phenols is 1. The Morgan fingerprint density at radius 2 is 1.90 bits per heavy atom. The molecule has 4 nitrogen and oxygen atoms in total. The molecular formula is C17H18O4. The zero-order chi connectivity index (χ0) is 15.2. The Bertz CT molecular complexity index is 634. The van der Waals surface area contributed by atoms with E-state index in [2.05, 4.69) is 0 Å². The number of Topliss-reactive ketones (excluding diaryl/α,β-unsaturated/α-hetero) is 1. The summed E-state index contributed by atoms with van der Waals surface area (Å²) in [5.41, 5.74) is 1.67. The van der Waals surface area contributed by atoms with Crippen LogP contribution in [0.15, 0.2) is 42.5 Å². The SMILES string of the molecule is COc1c(O)cccc1OCCC(=O)c1ccccc1C. The van der Waals surface area contributed by atoms with Crippen molar-refractivity contribution < 1.29 is 19.4 Å². The second kappa shape index (κ2) is 6.79. The first-order valence-corrected chi connectivity index (χ1v) is 6.71. The Morgan fingerprint density at radius 1 is 1.14 bits per heavy atom. The minimum absolute atomic E-state index is 0.0141. The summed E-state index contributed by atoms with van der Waals surface area (Å²) in [4.78, 5) is 12.1. The molecule has 0 atom stereocenters. The topological polar surface area (TPSA) is 55.8 Å². The van der Waals surface area contributed by atoms with E-state index < -0.39 is 0 Å². The van der Waals surface area contributed by atoms with E-state index in [0.29, 0.717) is 11.3 Å². The number of hydrogen-bond acceptors (Lipinski definition) is 4. The molecule has 0 aliphatic heterocycles. The van der Waals surface area contributed by atoms with E-state index in [1.54, 1.807) is 12.1 Å². The molecule has 2 rings (SSSR count). The molecule has 0 amide bonds. The quantitative estimate of drug-likeness (QED) is 0.827. The predicted molar refractivity (Wildman–Crippen MR) is 80.3 cm³/mol. The molecule has 0 aliphatic carbocycles. The summed E-state index contributed by atoms with van der Waals surface area (Å²) in [6.45, 7) is 2.14. The molecule has 2 aromatic rings. The first kappa shape index (κ1) is 14.9. The van der Waals surface area contributed by atoms with Crippen LogP contribution in [0.5, 0.6) is 17.2 Å². The standard InChI is InChI=1S/C17H18O4/c1-12-6-3-4-7-13(12)14(18)10-11-21-16-9-5-8-15(19)17(16)20-2/h3-9,19H,10-11H2,1-2H3. The molecule has 0 spiro atoms. The van der Waals surface area contributed by atoms with Gasteiger partial charge in [0.15, 0.2) is 17.3 Å². The first-order chi connectivity index (χ1) is 10.1. The number of methoxy groups -OCH3 is 1. The van der Waals surface area contributed by atoms with Crippen LogP contribution in [0.4, 0.5) is 0 Å². The molecule has 1 N–H and O–H groups in total. The molecule has 110 valence electrons. The van der Waals surface area contributed by atoms with Gasteiger partial charge in [0.25, 0.3) is 0 Å². The van der Waals surface area contributed by atoms with Crippen molar-refractivity contribution in [2.45, 2.75) is 13.3 Å². The van der Waals surface area contributed by atoms with Gasteiger partial charge >= 0.3 is 0 Å². The van der Waals surface area contributed by atoms with Crippen LogP contribution in [0.3, 0.4) is 0 Å². The highest BCUT2D eigenvalue weighted by atomic mass is 16.5. The van der Waals surface area contributed by atoms with Crippen LogP contribution in [0.25, 0.3) is 0 Å². The predicted octanol–water partition coefficient (Wildman–Crippen LogP) is 3.36. The summed E-state index contributed by atoms with van der Waals surface area (Å²) < 4.78 is 10.6. The lowest BCUT2D eigenvalue weighted by molar-refractivity contribution is 0.0960. The number of aryl methyl sites for hydroxylation is 1. The molecule has 0 fully saturated rings. The van der Waals surface area contributed by atoms with E-state index in [0.717, 1.165) is 5.56 Å². The number of carbonyl (C=O) groups excluding carboxylic acids is 1. The number of benzene rings is 2. The summed E-state index contributed by atoms with van der Waals surface area (Å²) in [5.74, 6) is 0.753. The van der Waals surface area contributed by atoms with Crippen LogP contribution in [0, 0.1) is 6.92 Å². The number of hydrogen-bond donors (Lipinski definition) is 1. The zero-order valence-electron chi connectivity index (χ0n) is 12.1. The Balaban J connectivity index is 1.98. The Labute approximate surface area is 123 Å². The second-order valence-electron chi connectivity index (χ2n) is 4.65. The maximum Gasteiger partial charge on any atom is 0.203 e. The maximum atomic E-state index is 12.1. The minimum Gasteiger partial charge on any atom is -0.504 e. The Kier molecular flexibility index (Phi) is 4.82. The fraction of sp³-hybridized carbons (Fsp3) is 0.235. The van der Waals surface area contributed by atoms with Gasteiger partial charge in [0, 0.05) is 12.0 Å². The number of aromatic hydroxyl groups is 1. The molecule has 0 saturated heterocycles. The molecule has 2 aromatic carbocycles. The van der Waals surface area contributed by atoms with Crippen molar-refractivity contribution in [3.8, 4) is 17.2 Å². The highest BCUT2D eigenvalue weighted by molar-refractivity contribution is 5.97. The highest BCUT2D eigenvalue weighted by Crippen LogP contribution is 2.35. The lowest BCUT2D eigenvalue weighted by Crippen LogP contribution is -2.08. The smallest absolute Gasteiger partial charge is 0.203 e. The number of phenolic OH excluding ortho intramolecular Hbond substituents is 1. The van der Waals surface area contributed by atoms with Gasteiger partial charge in [-0.25, -0.2) is 0 Å². The van der Waals surface area contributed by atoms with Gasteiger partial charge in [-0.1, -0.05) is 30.3 Å². The number of ether oxygens (including phenoxy) is 2. The molecule has 0 bridgehead atoms. The number of rotatable bonds is 6. The van der Waals surface area contributed by atoms with E-state index in [-0.39, 0.29) is 30.3 Å². The van der Waals surface area contributed by atoms with E-state index in [1.165, 1.54) is 13.2 Å². The van der Waals surface area contributed by atoms with Crippen LogP contribution in [0.2, 0.25) is 0 Å². The summed E-state index contributed by atoms with van der Waals surface area (Å²) in [6, 6.07) is 12.3. The summed E-state index contributed by atoms with van der Waals surface area (Å²) in [7, 11) is 1.46. The van der Waals surface area contributed by atoms with E-state index >= 15 is 0 Å². The molecular weight excluding hydrogens is 268 g/mol. The van der Waals surface area contributed by atoms with Crippen LogP contribution in [-0.4, -0.2) is 24.6 Å².